The molecular weight excluding hydrogens is 322 g/mol. The highest BCUT2D eigenvalue weighted by Crippen LogP contribution is 2.36. The Hall–Kier alpha value is -3.33. The molecule has 4 rings (SSSR count). The fourth-order valence-corrected chi connectivity index (χ4v) is 3.43. The van der Waals surface area contributed by atoms with E-state index in [0.29, 0.717) is 5.56 Å². The lowest BCUT2D eigenvalue weighted by atomic mass is 9.92. The molecule has 3 heteroatoms. The molecule has 0 unspecified atom stereocenters. The Morgan fingerprint density at radius 1 is 0.769 bits per heavy atom. The van der Waals surface area contributed by atoms with Crippen LogP contribution in [0.4, 0.5) is 0 Å². The first kappa shape index (κ1) is 16.2. The van der Waals surface area contributed by atoms with E-state index in [4.69, 9.17) is 4.74 Å². The van der Waals surface area contributed by atoms with Crippen molar-refractivity contribution < 1.29 is 4.74 Å². The zero-order valence-electron chi connectivity index (χ0n) is 14.8. The molecule has 1 aromatic heterocycles. The van der Waals surface area contributed by atoms with Crippen LogP contribution in [0, 0.1) is 0 Å². The fourth-order valence-electron chi connectivity index (χ4n) is 3.43. The van der Waals surface area contributed by atoms with E-state index >= 15 is 0 Å². The molecule has 26 heavy (non-hydrogen) atoms. The Morgan fingerprint density at radius 3 is 1.92 bits per heavy atom. The van der Waals surface area contributed by atoms with Crippen molar-refractivity contribution in [3.63, 3.8) is 0 Å². The lowest BCUT2D eigenvalue weighted by Gasteiger charge is -2.17. The average molecular weight is 341 g/mol. The van der Waals surface area contributed by atoms with Gasteiger partial charge in [0, 0.05) is 18.0 Å². The van der Waals surface area contributed by atoms with Gasteiger partial charge in [-0.1, -0.05) is 60.7 Å². The molecule has 0 spiro atoms. The Kier molecular flexibility index (Phi) is 4.05. The van der Waals surface area contributed by atoms with Gasteiger partial charge in [0.15, 0.2) is 0 Å². The molecule has 0 fully saturated rings. The van der Waals surface area contributed by atoms with Crippen molar-refractivity contribution in [2.75, 3.05) is 7.11 Å². The zero-order chi connectivity index (χ0) is 18.1. The largest absolute Gasteiger partial charge is 0.497 e. The maximum Gasteiger partial charge on any atom is 0.259 e. The molecule has 0 N–H and O–H groups in total. The third-order valence-electron chi connectivity index (χ3n) is 4.73. The van der Waals surface area contributed by atoms with Crippen LogP contribution in [0.1, 0.15) is 0 Å². The first-order chi connectivity index (χ1) is 12.7. The highest BCUT2D eigenvalue weighted by molar-refractivity contribution is 6.02. The summed E-state index contributed by atoms with van der Waals surface area (Å²) in [6.07, 6.45) is 0. The third-order valence-corrected chi connectivity index (χ3v) is 4.73. The van der Waals surface area contributed by atoms with Crippen LogP contribution >= 0.6 is 0 Å². The van der Waals surface area contributed by atoms with Gasteiger partial charge in [-0.3, -0.25) is 4.79 Å². The molecule has 0 aliphatic rings. The van der Waals surface area contributed by atoms with Crippen molar-refractivity contribution in [1.82, 2.24) is 4.57 Å². The van der Waals surface area contributed by atoms with E-state index in [1.165, 1.54) is 0 Å². The second-order valence-corrected chi connectivity index (χ2v) is 6.23. The second kappa shape index (κ2) is 6.52. The van der Waals surface area contributed by atoms with Gasteiger partial charge in [0.2, 0.25) is 0 Å². The van der Waals surface area contributed by atoms with Gasteiger partial charge in [0.25, 0.3) is 5.56 Å². The number of ether oxygens (including phenoxy) is 1. The molecule has 3 nitrogen and oxygen atoms in total. The Bertz CT molecular complexity index is 1130. The van der Waals surface area contributed by atoms with E-state index in [1.807, 2.05) is 85.9 Å². The molecule has 3 aromatic carbocycles. The molecule has 0 bridgehead atoms. The summed E-state index contributed by atoms with van der Waals surface area (Å²) in [5.41, 5.74) is 4.45. The molecule has 0 amide bonds. The SMILES string of the molecule is COc1ccc2c(c1)c(-c1ccccc1)c(-c1ccccc1)c(=O)n2C. The minimum atomic E-state index is -0.00674. The summed E-state index contributed by atoms with van der Waals surface area (Å²) < 4.78 is 7.15. The smallest absolute Gasteiger partial charge is 0.259 e. The molecule has 0 aliphatic carbocycles. The van der Waals surface area contributed by atoms with Gasteiger partial charge in [-0.2, -0.15) is 0 Å². The summed E-state index contributed by atoms with van der Waals surface area (Å²) in [6.45, 7) is 0. The van der Waals surface area contributed by atoms with Crippen molar-refractivity contribution in [2.24, 2.45) is 7.05 Å². The van der Waals surface area contributed by atoms with Crippen molar-refractivity contribution >= 4 is 10.9 Å². The van der Waals surface area contributed by atoms with Gasteiger partial charge in [0.05, 0.1) is 18.2 Å². The standard InChI is InChI=1S/C23H19NO2/c1-24-20-14-13-18(26-2)15-19(20)21(16-9-5-3-6-10-16)22(23(24)25)17-11-7-4-8-12-17/h3-15H,1-2H3. The topological polar surface area (TPSA) is 31.2 Å². The summed E-state index contributed by atoms with van der Waals surface area (Å²) >= 11 is 0. The molecule has 0 saturated carbocycles. The maximum atomic E-state index is 13.3. The number of rotatable bonds is 3. The van der Waals surface area contributed by atoms with Gasteiger partial charge in [-0.15, -0.1) is 0 Å². The van der Waals surface area contributed by atoms with E-state index in [9.17, 15) is 4.79 Å². The number of nitrogens with zero attached hydrogens (tertiary/aromatic N) is 1. The first-order valence-electron chi connectivity index (χ1n) is 8.52. The van der Waals surface area contributed by atoms with Crippen molar-refractivity contribution in [1.29, 1.82) is 0 Å². The third kappa shape index (κ3) is 2.58. The highest BCUT2D eigenvalue weighted by Gasteiger charge is 2.18. The first-order valence-corrected chi connectivity index (χ1v) is 8.52. The van der Waals surface area contributed by atoms with E-state index in [-0.39, 0.29) is 5.56 Å². The minimum absolute atomic E-state index is 0.00674. The average Bonchev–Trinajstić information content (AvgIpc) is 2.71. The van der Waals surface area contributed by atoms with Crippen LogP contribution < -0.4 is 10.3 Å². The minimum Gasteiger partial charge on any atom is -0.497 e. The van der Waals surface area contributed by atoms with Gasteiger partial charge in [-0.25, -0.2) is 0 Å². The van der Waals surface area contributed by atoms with E-state index < -0.39 is 0 Å². The molecular formula is C23H19NO2. The molecule has 128 valence electrons. The molecule has 0 aliphatic heterocycles. The van der Waals surface area contributed by atoms with Crippen LogP contribution in [0.5, 0.6) is 5.75 Å². The van der Waals surface area contributed by atoms with Crippen molar-refractivity contribution in [2.45, 2.75) is 0 Å². The van der Waals surface area contributed by atoms with Gasteiger partial charge < -0.3 is 9.30 Å². The number of methoxy groups -OCH3 is 1. The van der Waals surface area contributed by atoms with Crippen LogP contribution in [0.15, 0.2) is 83.7 Å². The summed E-state index contributed by atoms with van der Waals surface area (Å²) in [5.74, 6) is 0.771. The number of hydrogen-bond donors (Lipinski definition) is 0. The predicted molar refractivity (Wildman–Crippen MR) is 107 cm³/mol. The second-order valence-electron chi connectivity index (χ2n) is 6.23. The summed E-state index contributed by atoms with van der Waals surface area (Å²) in [5, 5.41) is 0.997. The number of hydrogen-bond acceptors (Lipinski definition) is 2. The van der Waals surface area contributed by atoms with E-state index in [1.54, 1.807) is 11.7 Å². The van der Waals surface area contributed by atoms with Crippen LogP contribution in [-0.4, -0.2) is 11.7 Å². The van der Waals surface area contributed by atoms with Crippen LogP contribution in [-0.2, 0) is 7.05 Å². The quantitative estimate of drug-likeness (QED) is 0.532. The number of pyridine rings is 1. The Balaban J connectivity index is 2.22. The lowest BCUT2D eigenvalue weighted by molar-refractivity contribution is 0.415. The number of benzene rings is 3. The maximum absolute atomic E-state index is 13.3. The van der Waals surface area contributed by atoms with Crippen molar-refractivity contribution in [3.05, 3.63) is 89.2 Å². The highest BCUT2D eigenvalue weighted by atomic mass is 16.5. The predicted octanol–water partition coefficient (Wildman–Crippen LogP) is 4.88. The van der Waals surface area contributed by atoms with E-state index in [2.05, 4.69) is 0 Å². The Labute approximate surface area is 152 Å². The Morgan fingerprint density at radius 2 is 1.35 bits per heavy atom. The van der Waals surface area contributed by atoms with Gasteiger partial charge in [0.1, 0.15) is 5.75 Å². The normalized spacial score (nSPS) is 10.8. The number of aryl methyl sites for hydroxylation is 1. The summed E-state index contributed by atoms with van der Waals surface area (Å²) in [7, 11) is 3.47. The van der Waals surface area contributed by atoms with Gasteiger partial charge >= 0.3 is 0 Å². The molecule has 1 heterocycles. The van der Waals surface area contributed by atoms with Crippen LogP contribution in [0.25, 0.3) is 33.2 Å². The monoisotopic (exact) mass is 341 g/mol. The zero-order valence-corrected chi connectivity index (χ0v) is 14.8. The summed E-state index contributed by atoms with van der Waals surface area (Å²) in [6, 6.07) is 25.7. The fraction of sp³-hybridized carbons (Fsp3) is 0.0870. The van der Waals surface area contributed by atoms with Crippen molar-refractivity contribution in [3.8, 4) is 28.0 Å². The van der Waals surface area contributed by atoms with Gasteiger partial charge in [-0.05, 0) is 29.3 Å². The lowest BCUT2D eigenvalue weighted by Crippen LogP contribution is -2.20. The number of aromatic nitrogens is 1. The molecule has 0 saturated heterocycles. The number of fused-ring (bicyclic) bond motifs is 1. The summed E-state index contributed by atoms with van der Waals surface area (Å²) in [4.78, 5) is 13.3. The van der Waals surface area contributed by atoms with E-state index in [0.717, 1.165) is 33.3 Å². The van der Waals surface area contributed by atoms with Crippen LogP contribution in [0.3, 0.4) is 0 Å². The molecule has 0 atom stereocenters. The molecule has 4 aromatic rings. The van der Waals surface area contributed by atoms with Crippen LogP contribution in [0.2, 0.25) is 0 Å². The molecule has 0 radical (unpaired) electrons.